The number of carbonyl (C=O) groups excluding carboxylic acids is 2. The molecule has 0 aromatic heterocycles. The highest BCUT2D eigenvalue weighted by molar-refractivity contribution is 5.95. The fourth-order valence-electron chi connectivity index (χ4n) is 2.35. The first-order valence-corrected chi connectivity index (χ1v) is 8.00. The molecule has 8 nitrogen and oxygen atoms in total. The molecule has 0 spiro atoms. The van der Waals surface area contributed by atoms with Gasteiger partial charge in [0.2, 0.25) is 5.75 Å². The lowest BCUT2D eigenvalue weighted by molar-refractivity contribution is -0.120. The van der Waals surface area contributed by atoms with Gasteiger partial charge in [0.25, 0.3) is 11.8 Å². The molecule has 1 rings (SSSR count). The first kappa shape index (κ1) is 23.8. The fourth-order valence-corrected chi connectivity index (χ4v) is 2.35. The summed E-state index contributed by atoms with van der Waals surface area (Å²) in [6, 6.07) is 2.89. The van der Waals surface area contributed by atoms with Crippen LogP contribution in [0.15, 0.2) is 12.1 Å². The molecule has 26 heavy (non-hydrogen) atoms. The van der Waals surface area contributed by atoms with E-state index >= 15 is 0 Å². The third-order valence-electron chi connectivity index (χ3n) is 3.46. The number of benzene rings is 1. The predicted molar refractivity (Wildman–Crippen MR) is 101 cm³/mol. The Kier molecular flexibility index (Phi) is 10.5. The van der Waals surface area contributed by atoms with Crippen LogP contribution in [-0.4, -0.2) is 45.2 Å². The average molecular weight is 390 g/mol. The van der Waals surface area contributed by atoms with Gasteiger partial charge in [-0.05, 0) is 24.5 Å². The number of carbonyl (C=O) groups is 2. The normalized spacial score (nSPS) is 11.3. The van der Waals surface area contributed by atoms with Crippen LogP contribution < -0.4 is 31.0 Å². The van der Waals surface area contributed by atoms with E-state index in [-0.39, 0.29) is 48.2 Å². The van der Waals surface area contributed by atoms with Gasteiger partial charge < -0.3 is 31.0 Å². The van der Waals surface area contributed by atoms with Gasteiger partial charge in [-0.25, -0.2) is 0 Å². The van der Waals surface area contributed by atoms with E-state index in [1.807, 2.05) is 0 Å². The van der Waals surface area contributed by atoms with Gasteiger partial charge in [-0.15, -0.1) is 12.4 Å². The molecular weight excluding hydrogens is 362 g/mol. The number of amides is 2. The summed E-state index contributed by atoms with van der Waals surface area (Å²) in [4.78, 5) is 23.4. The monoisotopic (exact) mass is 389 g/mol. The second kappa shape index (κ2) is 11.4. The molecule has 0 aliphatic carbocycles. The van der Waals surface area contributed by atoms with Crippen LogP contribution in [0.2, 0.25) is 0 Å². The zero-order chi connectivity index (χ0) is 19.0. The van der Waals surface area contributed by atoms with E-state index < -0.39 is 5.91 Å². The van der Waals surface area contributed by atoms with Gasteiger partial charge in [-0.1, -0.05) is 13.8 Å². The maximum Gasteiger partial charge on any atom is 0.255 e. The summed E-state index contributed by atoms with van der Waals surface area (Å²) in [5, 5.41) is 2.90. The number of hydrogen-bond acceptors (Lipinski definition) is 6. The summed E-state index contributed by atoms with van der Waals surface area (Å²) in [6.45, 7) is 4.14. The van der Waals surface area contributed by atoms with E-state index in [4.69, 9.17) is 25.7 Å². The zero-order valence-electron chi connectivity index (χ0n) is 15.5. The van der Waals surface area contributed by atoms with Crippen LogP contribution in [0.1, 0.15) is 30.6 Å². The minimum absolute atomic E-state index is 0. The number of primary amides is 1. The molecule has 0 radical (unpaired) electrons. The van der Waals surface area contributed by atoms with Crippen molar-refractivity contribution in [3.05, 3.63) is 17.7 Å². The quantitative estimate of drug-likeness (QED) is 0.550. The van der Waals surface area contributed by atoms with Gasteiger partial charge in [0.05, 0.1) is 14.2 Å². The summed E-state index contributed by atoms with van der Waals surface area (Å²) >= 11 is 0. The molecule has 1 aromatic rings. The van der Waals surface area contributed by atoms with Crippen LogP contribution in [0.4, 0.5) is 0 Å². The molecule has 0 fully saturated rings. The van der Waals surface area contributed by atoms with E-state index in [9.17, 15) is 9.59 Å². The maximum absolute atomic E-state index is 12.5. The van der Waals surface area contributed by atoms with Crippen molar-refractivity contribution in [3.8, 4) is 17.2 Å². The lowest BCUT2D eigenvalue weighted by Crippen LogP contribution is -2.41. The highest BCUT2D eigenvalue weighted by atomic mass is 35.5. The minimum atomic E-state index is -0.634. The van der Waals surface area contributed by atoms with Crippen molar-refractivity contribution in [2.75, 3.05) is 27.4 Å². The lowest BCUT2D eigenvalue weighted by atomic mass is 10.0. The summed E-state index contributed by atoms with van der Waals surface area (Å²) in [5.74, 6) is 0.206. The topological polar surface area (TPSA) is 126 Å². The maximum atomic E-state index is 12.5. The van der Waals surface area contributed by atoms with E-state index in [1.165, 1.54) is 26.4 Å². The molecule has 2 amide bonds. The first-order chi connectivity index (χ1) is 11.8. The minimum Gasteiger partial charge on any atom is -0.493 e. The smallest absolute Gasteiger partial charge is 0.255 e. The van der Waals surface area contributed by atoms with Crippen molar-refractivity contribution < 1.29 is 23.8 Å². The third-order valence-corrected chi connectivity index (χ3v) is 3.46. The molecule has 0 bridgehead atoms. The Balaban J connectivity index is 0.00000625. The number of methoxy groups -OCH3 is 2. The van der Waals surface area contributed by atoms with Crippen LogP contribution >= 0.6 is 12.4 Å². The third kappa shape index (κ3) is 6.97. The molecule has 0 saturated carbocycles. The molecule has 0 aliphatic heterocycles. The van der Waals surface area contributed by atoms with Crippen LogP contribution in [0.3, 0.4) is 0 Å². The number of rotatable bonds is 10. The Morgan fingerprint density at radius 1 is 1.15 bits per heavy atom. The Labute approximate surface area is 159 Å². The van der Waals surface area contributed by atoms with Crippen LogP contribution in [0.5, 0.6) is 17.2 Å². The van der Waals surface area contributed by atoms with E-state index in [0.29, 0.717) is 18.0 Å². The molecule has 9 heteroatoms. The second-order valence-corrected chi connectivity index (χ2v) is 6.00. The molecular formula is C17H28ClN3O5. The van der Waals surface area contributed by atoms with Crippen molar-refractivity contribution in [1.82, 2.24) is 5.32 Å². The molecule has 0 saturated heterocycles. The van der Waals surface area contributed by atoms with Gasteiger partial charge >= 0.3 is 0 Å². The Morgan fingerprint density at radius 2 is 1.69 bits per heavy atom. The van der Waals surface area contributed by atoms with Crippen LogP contribution in [0, 0.1) is 5.92 Å². The number of ether oxygens (including phenoxy) is 3. The Morgan fingerprint density at radius 3 is 2.08 bits per heavy atom. The Hall–Kier alpha value is -2.19. The van der Waals surface area contributed by atoms with E-state index in [2.05, 4.69) is 19.2 Å². The van der Waals surface area contributed by atoms with E-state index in [0.717, 1.165) is 6.42 Å². The van der Waals surface area contributed by atoms with Crippen LogP contribution in [-0.2, 0) is 4.79 Å². The van der Waals surface area contributed by atoms with Gasteiger partial charge in [0.1, 0.15) is 0 Å². The molecule has 0 aliphatic rings. The lowest BCUT2D eigenvalue weighted by Gasteiger charge is -2.20. The average Bonchev–Trinajstić information content (AvgIpc) is 2.57. The van der Waals surface area contributed by atoms with Crippen LogP contribution in [0.25, 0.3) is 0 Å². The summed E-state index contributed by atoms with van der Waals surface area (Å²) in [5.41, 5.74) is 11.1. The number of nitrogens with one attached hydrogen (secondary N) is 1. The van der Waals surface area contributed by atoms with Gasteiger partial charge in [0.15, 0.2) is 18.1 Å². The molecule has 5 N–H and O–H groups in total. The molecule has 1 aromatic carbocycles. The summed E-state index contributed by atoms with van der Waals surface area (Å²) in [6.07, 6.45) is 0.774. The molecule has 1 unspecified atom stereocenters. The highest BCUT2D eigenvalue weighted by Gasteiger charge is 2.20. The molecule has 1 atom stereocenters. The summed E-state index contributed by atoms with van der Waals surface area (Å²) in [7, 11) is 2.85. The van der Waals surface area contributed by atoms with E-state index in [1.54, 1.807) is 0 Å². The van der Waals surface area contributed by atoms with Crippen molar-refractivity contribution in [1.29, 1.82) is 0 Å². The molecule has 0 heterocycles. The van der Waals surface area contributed by atoms with Crippen molar-refractivity contribution in [3.63, 3.8) is 0 Å². The van der Waals surface area contributed by atoms with Crippen molar-refractivity contribution in [2.24, 2.45) is 17.4 Å². The predicted octanol–water partition coefficient (Wildman–Crippen LogP) is 1.09. The molecule has 148 valence electrons. The fraction of sp³-hybridized carbons (Fsp3) is 0.529. The number of hydrogen-bond donors (Lipinski definition) is 3. The van der Waals surface area contributed by atoms with Gasteiger partial charge in [-0.3, -0.25) is 9.59 Å². The number of halogens is 1. The largest absolute Gasteiger partial charge is 0.493 e. The highest BCUT2D eigenvalue weighted by Crippen LogP contribution is 2.38. The van der Waals surface area contributed by atoms with Gasteiger partial charge in [0, 0.05) is 18.2 Å². The summed E-state index contributed by atoms with van der Waals surface area (Å²) < 4.78 is 15.8. The first-order valence-electron chi connectivity index (χ1n) is 8.00. The SMILES string of the molecule is COc1cc(C(=O)NC(CN)CC(C)C)cc(OC)c1OCC(N)=O.Cl. The standard InChI is InChI=1S/C17H27N3O5.ClH/c1-10(2)5-12(8-18)20-17(22)11-6-13(23-3)16(14(7-11)24-4)25-9-15(19)21;/h6-7,10,12H,5,8-9,18H2,1-4H3,(H2,19,21)(H,20,22);1H. The Bertz CT molecular complexity index is 585. The number of nitrogens with two attached hydrogens (primary N) is 2. The second-order valence-electron chi connectivity index (χ2n) is 6.00. The van der Waals surface area contributed by atoms with Crippen molar-refractivity contribution in [2.45, 2.75) is 26.3 Å². The van der Waals surface area contributed by atoms with Gasteiger partial charge in [-0.2, -0.15) is 0 Å². The van der Waals surface area contributed by atoms with Crippen molar-refractivity contribution >= 4 is 24.2 Å². The zero-order valence-corrected chi connectivity index (χ0v) is 16.4.